The average Bonchev–Trinajstić information content (AvgIpc) is 2.59. The van der Waals surface area contributed by atoms with Crippen LogP contribution in [0.25, 0.3) is 0 Å². The first-order chi connectivity index (χ1) is 12.6. The molecule has 2 aliphatic rings. The van der Waals surface area contributed by atoms with Gasteiger partial charge in [-0.1, -0.05) is 31.6 Å². The van der Waals surface area contributed by atoms with Crippen molar-refractivity contribution in [3.63, 3.8) is 0 Å². The Labute approximate surface area is 158 Å². The molecule has 1 fully saturated rings. The van der Waals surface area contributed by atoms with Gasteiger partial charge in [-0.15, -0.1) is 0 Å². The molecule has 2 rings (SSSR count). The second-order valence-corrected chi connectivity index (χ2v) is 7.94. The van der Waals surface area contributed by atoms with Crippen molar-refractivity contribution in [2.45, 2.75) is 64.0 Å². The van der Waals surface area contributed by atoms with E-state index in [2.05, 4.69) is 0 Å². The standard InChI is InChI=1S/C19H30O8/c1-10-6-11(22)7-19(2,3)13(10)5-4-12(8-20)26-18-17(25)16(24)15(23)14(9-21)27-18/h4-6,12-18,20-21,23-25H,7-9H2,1-3H3/b5-4+/t12-,13-,14+,15+,16-,17+,18+/m0/s1. The predicted octanol–water partition coefficient (Wildman–Crippen LogP) is -0.718. The van der Waals surface area contributed by atoms with Crippen molar-refractivity contribution in [3.8, 4) is 0 Å². The minimum Gasteiger partial charge on any atom is -0.394 e. The molecule has 8 heteroatoms. The molecule has 0 unspecified atom stereocenters. The molecule has 8 nitrogen and oxygen atoms in total. The number of aliphatic hydroxyl groups excluding tert-OH is 5. The second kappa shape index (κ2) is 8.91. The van der Waals surface area contributed by atoms with Gasteiger partial charge in [-0.3, -0.25) is 4.79 Å². The smallest absolute Gasteiger partial charge is 0.187 e. The zero-order chi connectivity index (χ0) is 20.4. The van der Waals surface area contributed by atoms with Crippen LogP contribution in [0.15, 0.2) is 23.8 Å². The van der Waals surface area contributed by atoms with Gasteiger partial charge < -0.3 is 35.0 Å². The monoisotopic (exact) mass is 386 g/mol. The Kier molecular flexibility index (Phi) is 7.32. The van der Waals surface area contributed by atoms with Gasteiger partial charge in [0.05, 0.1) is 13.2 Å². The van der Waals surface area contributed by atoms with Gasteiger partial charge in [0.2, 0.25) is 0 Å². The molecule has 154 valence electrons. The van der Waals surface area contributed by atoms with Crippen molar-refractivity contribution >= 4 is 5.78 Å². The summed E-state index contributed by atoms with van der Waals surface area (Å²) in [5.74, 6) is 0.0566. The fourth-order valence-corrected chi connectivity index (χ4v) is 3.72. The van der Waals surface area contributed by atoms with E-state index in [9.17, 15) is 30.3 Å². The van der Waals surface area contributed by atoms with Crippen LogP contribution in [0.4, 0.5) is 0 Å². The molecule has 1 aliphatic heterocycles. The van der Waals surface area contributed by atoms with Crippen LogP contribution in [-0.2, 0) is 14.3 Å². The Morgan fingerprint density at radius 1 is 1.26 bits per heavy atom. The van der Waals surface area contributed by atoms with E-state index in [1.807, 2.05) is 26.8 Å². The minimum atomic E-state index is -1.54. The highest BCUT2D eigenvalue weighted by atomic mass is 16.7. The summed E-state index contributed by atoms with van der Waals surface area (Å²) >= 11 is 0. The van der Waals surface area contributed by atoms with Crippen LogP contribution < -0.4 is 0 Å². The second-order valence-electron chi connectivity index (χ2n) is 7.94. The maximum Gasteiger partial charge on any atom is 0.187 e. The van der Waals surface area contributed by atoms with Crippen LogP contribution in [-0.4, -0.2) is 81.3 Å². The Hall–Kier alpha value is -1.13. The maximum absolute atomic E-state index is 11.8. The number of carbonyl (C=O) groups excluding carboxylic acids is 1. The molecule has 1 aliphatic carbocycles. The molecule has 7 atom stereocenters. The van der Waals surface area contributed by atoms with E-state index in [0.29, 0.717) is 6.42 Å². The lowest BCUT2D eigenvalue weighted by molar-refractivity contribution is -0.309. The SMILES string of the molecule is CC1=CC(=O)CC(C)(C)[C@H]1/C=C/[C@@H](CO)O[C@@H]1O[C@H](CO)[C@@H](O)[C@H](O)[C@H]1O. The number of carbonyl (C=O) groups is 1. The van der Waals surface area contributed by atoms with Crippen molar-refractivity contribution < 1.29 is 39.8 Å². The molecule has 0 aromatic heterocycles. The summed E-state index contributed by atoms with van der Waals surface area (Å²) in [5, 5.41) is 48.5. The topological polar surface area (TPSA) is 137 Å². The van der Waals surface area contributed by atoms with Crippen LogP contribution in [0.2, 0.25) is 0 Å². The number of ether oxygens (including phenoxy) is 2. The predicted molar refractivity (Wildman–Crippen MR) is 95.5 cm³/mol. The molecular weight excluding hydrogens is 356 g/mol. The lowest BCUT2D eigenvalue weighted by atomic mass is 9.68. The zero-order valence-corrected chi connectivity index (χ0v) is 15.9. The van der Waals surface area contributed by atoms with E-state index in [4.69, 9.17) is 9.47 Å². The minimum absolute atomic E-state index is 0.0253. The van der Waals surface area contributed by atoms with Gasteiger partial charge in [-0.25, -0.2) is 0 Å². The van der Waals surface area contributed by atoms with E-state index in [-0.39, 0.29) is 17.1 Å². The summed E-state index contributed by atoms with van der Waals surface area (Å²) in [4.78, 5) is 11.8. The van der Waals surface area contributed by atoms with Crippen LogP contribution >= 0.6 is 0 Å². The number of rotatable bonds is 6. The fraction of sp³-hybridized carbons (Fsp3) is 0.737. The van der Waals surface area contributed by atoms with Gasteiger partial charge in [0.25, 0.3) is 0 Å². The summed E-state index contributed by atoms with van der Waals surface area (Å²) in [5.41, 5.74) is 0.632. The number of allylic oxidation sites excluding steroid dienone is 3. The number of ketones is 1. The molecule has 0 aromatic carbocycles. The van der Waals surface area contributed by atoms with Crippen LogP contribution in [0.5, 0.6) is 0 Å². The summed E-state index contributed by atoms with van der Waals surface area (Å²) in [6.45, 7) is 4.89. The highest BCUT2D eigenvalue weighted by molar-refractivity contribution is 5.92. The highest BCUT2D eigenvalue weighted by Crippen LogP contribution is 2.40. The Morgan fingerprint density at radius 3 is 2.48 bits per heavy atom. The number of aliphatic hydroxyl groups is 5. The Morgan fingerprint density at radius 2 is 1.93 bits per heavy atom. The molecular formula is C19H30O8. The first-order valence-electron chi connectivity index (χ1n) is 9.07. The molecule has 0 bridgehead atoms. The zero-order valence-electron chi connectivity index (χ0n) is 15.9. The molecule has 1 heterocycles. The Balaban J connectivity index is 2.10. The van der Waals surface area contributed by atoms with E-state index < -0.39 is 50.0 Å². The summed E-state index contributed by atoms with van der Waals surface area (Å²) < 4.78 is 10.8. The fourth-order valence-electron chi connectivity index (χ4n) is 3.72. The van der Waals surface area contributed by atoms with E-state index in [0.717, 1.165) is 5.57 Å². The first-order valence-corrected chi connectivity index (χ1v) is 9.07. The molecule has 0 amide bonds. The van der Waals surface area contributed by atoms with Crippen LogP contribution in [0, 0.1) is 11.3 Å². The van der Waals surface area contributed by atoms with Crippen molar-refractivity contribution in [2.75, 3.05) is 13.2 Å². The van der Waals surface area contributed by atoms with Crippen molar-refractivity contribution in [2.24, 2.45) is 11.3 Å². The van der Waals surface area contributed by atoms with Crippen LogP contribution in [0.1, 0.15) is 27.2 Å². The third kappa shape index (κ3) is 5.03. The largest absolute Gasteiger partial charge is 0.394 e. The summed E-state index contributed by atoms with van der Waals surface area (Å²) in [6, 6.07) is 0. The average molecular weight is 386 g/mol. The van der Waals surface area contributed by atoms with E-state index in [1.54, 1.807) is 12.2 Å². The van der Waals surface area contributed by atoms with Gasteiger partial charge in [0.15, 0.2) is 12.1 Å². The summed E-state index contributed by atoms with van der Waals surface area (Å²) in [6.07, 6.45) is -2.28. The molecule has 0 aromatic rings. The lowest BCUT2D eigenvalue weighted by Crippen LogP contribution is -2.59. The third-order valence-electron chi connectivity index (χ3n) is 5.21. The number of hydrogen-bond donors (Lipinski definition) is 5. The molecule has 0 saturated carbocycles. The quantitative estimate of drug-likeness (QED) is 0.377. The van der Waals surface area contributed by atoms with Crippen molar-refractivity contribution in [3.05, 3.63) is 23.8 Å². The lowest BCUT2D eigenvalue weighted by Gasteiger charge is -2.40. The van der Waals surface area contributed by atoms with Crippen molar-refractivity contribution in [1.29, 1.82) is 0 Å². The summed E-state index contributed by atoms with van der Waals surface area (Å²) in [7, 11) is 0. The van der Waals surface area contributed by atoms with E-state index >= 15 is 0 Å². The molecule has 0 radical (unpaired) electrons. The molecule has 1 saturated heterocycles. The number of hydrogen-bond acceptors (Lipinski definition) is 8. The first kappa shape index (κ1) is 22.2. The normalized spacial score (nSPS) is 38.1. The van der Waals surface area contributed by atoms with Crippen molar-refractivity contribution in [1.82, 2.24) is 0 Å². The molecule has 0 spiro atoms. The van der Waals surface area contributed by atoms with Gasteiger partial charge in [-0.05, 0) is 18.4 Å². The van der Waals surface area contributed by atoms with Gasteiger partial charge >= 0.3 is 0 Å². The highest BCUT2D eigenvalue weighted by Gasteiger charge is 2.44. The Bertz CT molecular complexity index is 582. The van der Waals surface area contributed by atoms with Gasteiger partial charge in [0.1, 0.15) is 30.5 Å². The third-order valence-corrected chi connectivity index (χ3v) is 5.21. The maximum atomic E-state index is 11.8. The molecule has 27 heavy (non-hydrogen) atoms. The van der Waals surface area contributed by atoms with Gasteiger partial charge in [0, 0.05) is 12.3 Å². The van der Waals surface area contributed by atoms with E-state index in [1.165, 1.54) is 0 Å². The van der Waals surface area contributed by atoms with Gasteiger partial charge in [-0.2, -0.15) is 0 Å². The van der Waals surface area contributed by atoms with Crippen LogP contribution in [0.3, 0.4) is 0 Å². The molecule has 5 N–H and O–H groups in total.